The normalized spacial score (nSPS) is 19.6. The van der Waals surface area contributed by atoms with Gasteiger partial charge in [-0.15, -0.1) is 0 Å². The van der Waals surface area contributed by atoms with Crippen molar-refractivity contribution in [3.8, 4) is 0 Å². The van der Waals surface area contributed by atoms with Gasteiger partial charge in [-0.05, 0) is 0 Å². The number of guanidine groups is 2. The molecule has 0 atom stereocenters. The maximum Gasteiger partial charge on any atom is 0.354 e. The smallest absolute Gasteiger partial charge is 0.354 e. The number of aliphatic carboxylic acids is 1. The van der Waals surface area contributed by atoms with Gasteiger partial charge in [0.2, 0.25) is 0 Å². The van der Waals surface area contributed by atoms with Crippen LogP contribution in [0.1, 0.15) is 0 Å². The third-order valence-electron chi connectivity index (χ3n) is 1.49. The van der Waals surface area contributed by atoms with E-state index in [1.165, 1.54) is 4.58 Å². The first kappa shape index (κ1) is 9.30. The Balaban J connectivity index is 2.69. The number of carbonyl (C=O) groups is 1. The number of hydrogen-bond acceptors (Lipinski definition) is 4. The summed E-state index contributed by atoms with van der Waals surface area (Å²) in [6.07, 6.45) is 0. The Morgan fingerprint density at radius 3 is 3.08 bits per heavy atom. The first-order chi connectivity index (χ1) is 6.09. The van der Waals surface area contributed by atoms with Gasteiger partial charge in [-0.25, -0.2) is 10.3 Å². The summed E-state index contributed by atoms with van der Waals surface area (Å²) in [7, 11) is 1.60. The molecule has 1 heterocycles. The van der Waals surface area contributed by atoms with Gasteiger partial charge in [0.05, 0.1) is 13.0 Å². The minimum Gasteiger partial charge on any atom is -0.547 e. The van der Waals surface area contributed by atoms with E-state index in [1.807, 2.05) is 0 Å². The molecule has 72 valence electrons. The van der Waals surface area contributed by atoms with Crippen molar-refractivity contribution in [1.82, 2.24) is 10.6 Å². The van der Waals surface area contributed by atoms with Gasteiger partial charge < -0.3 is 15.6 Å². The summed E-state index contributed by atoms with van der Waals surface area (Å²) in [5, 5.41) is 15.8. The Morgan fingerprint density at radius 1 is 1.85 bits per heavy atom. The first-order valence-electron chi connectivity index (χ1n) is 3.68. The Kier molecular flexibility index (Phi) is 2.68. The van der Waals surface area contributed by atoms with Gasteiger partial charge in [-0.3, -0.25) is 9.89 Å². The predicted octanol–water partition coefficient (Wildman–Crippen LogP) is -3.80. The van der Waals surface area contributed by atoms with Gasteiger partial charge in [0, 0.05) is 0 Å². The fourth-order valence-electron chi connectivity index (χ4n) is 0.908. The fraction of sp³-hybridized carbons (Fsp3) is 0.500. The highest BCUT2D eigenvalue weighted by atomic mass is 16.4. The van der Waals surface area contributed by atoms with Crippen molar-refractivity contribution in [3.63, 3.8) is 0 Å². The second kappa shape index (κ2) is 3.74. The van der Waals surface area contributed by atoms with Crippen molar-refractivity contribution in [2.75, 3.05) is 20.3 Å². The molecule has 0 aliphatic carbocycles. The zero-order chi connectivity index (χ0) is 9.84. The lowest BCUT2D eigenvalue weighted by Crippen LogP contribution is -2.54. The van der Waals surface area contributed by atoms with Crippen molar-refractivity contribution < 1.29 is 14.5 Å². The largest absolute Gasteiger partial charge is 0.547 e. The molecule has 4 N–H and O–H groups in total. The molecule has 0 aromatic carbocycles. The molecule has 7 nitrogen and oxygen atoms in total. The summed E-state index contributed by atoms with van der Waals surface area (Å²) in [4.78, 5) is 14.1. The van der Waals surface area contributed by atoms with Crippen LogP contribution in [-0.2, 0) is 4.79 Å². The summed E-state index contributed by atoms with van der Waals surface area (Å²) in [5.74, 6) is -0.379. The van der Waals surface area contributed by atoms with E-state index >= 15 is 0 Å². The number of likely N-dealkylation sites (N-methyl/N-ethyl adjacent to an activating group) is 1. The van der Waals surface area contributed by atoms with Crippen LogP contribution in [-0.4, -0.2) is 42.7 Å². The molecular formula is C6H11N5O2. The van der Waals surface area contributed by atoms with Crippen molar-refractivity contribution in [3.05, 3.63) is 0 Å². The summed E-state index contributed by atoms with van der Waals surface area (Å²) in [6.45, 7) is 0.133. The monoisotopic (exact) mass is 185 g/mol. The van der Waals surface area contributed by atoms with Crippen molar-refractivity contribution >= 4 is 17.9 Å². The minimum atomic E-state index is -1.15. The molecule has 1 aliphatic heterocycles. The van der Waals surface area contributed by atoms with E-state index in [0.29, 0.717) is 12.6 Å². The highest BCUT2D eigenvalue weighted by Crippen LogP contribution is 1.78. The lowest BCUT2D eigenvalue weighted by molar-refractivity contribution is -0.503. The molecule has 0 aromatic heterocycles. The van der Waals surface area contributed by atoms with E-state index < -0.39 is 5.97 Å². The molecule has 0 bridgehead atoms. The molecule has 0 amide bonds. The summed E-state index contributed by atoms with van der Waals surface area (Å²) < 4.78 is 1.44. The maximum absolute atomic E-state index is 10.3. The number of nitrogens with one attached hydrogen (secondary N) is 2. The summed E-state index contributed by atoms with van der Waals surface area (Å²) in [5.41, 5.74) is 5.38. The quantitative estimate of drug-likeness (QED) is 0.382. The lowest BCUT2D eigenvalue weighted by Gasteiger charge is -2.13. The number of nitrogens with zero attached hydrogens (tertiary/aromatic N) is 2. The molecule has 0 unspecified atom stereocenters. The van der Waals surface area contributed by atoms with Crippen LogP contribution in [0.5, 0.6) is 0 Å². The zero-order valence-corrected chi connectivity index (χ0v) is 7.20. The van der Waals surface area contributed by atoms with Crippen molar-refractivity contribution in [1.29, 1.82) is 0 Å². The third-order valence-corrected chi connectivity index (χ3v) is 1.49. The fourth-order valence-corrected chi connectivity index (χ4v) is 0.908. The van der Waals surface area contributed by atoms with Crippen LogP contribution in [0.4, 0.5) is 0 Å². The van der Waals surface area contributed by atoms with E-state index in [0.717, 1.165) is 0 Å². The number of hydrogen-bond donors (Lipinski definition) is 3. The number of rotatable bonds is 2. The highest BCUT2D eigenvalue weighted by Gasteiger charge is 2.15. The first-order valence-corrected chi connectivity index (χ1v) is 3.68. The molecule has 1 aliphatic rings. The van der Waals surface area contributed by atoms with Crippen LogP contribution >= 0.6 is 0 Å². The molecule has 7 heteroatoms. The van der Waals surface area contributed by atoms with Crippen LogP contribution in [0.25, 0.3) is 0 Å². The van der Waals surface area contributed by atoms with Crippen LogP contribution < -0.4 is 21.5 Å². The van der Waals surface area contributed by atoms with Crippen molar-refractivity contribution in [2.24, 2.45) is 10.7 Å². The summed E-state index contributed by atoms with van der Waals surface area (Å²) >= 11 is 0. The van der Waals surface area contributed by atoms with Gasteiger partial charge in [0.15, 0.2) is 6.67 Å². The SMILES string of the molecule is C[N+](CC(=O)[O-])=C1NCN=C(N)N1. The number of nitrogens with two attached hydrogens (primary N) is 1. The topological polar surface area (TPSA) is 106 Å². The van der Waals surface area contributed by atoms with E-state index in [1.54, 1.807) is 7.05 Å². The van der Waals surface area contributed by atoms with Gasteiger partial charge in [0.1, 0.15) is 6.54 Å². The van der Waals surface area contributed by atoms with E-state index in [-0.39, 0.29) is 12.5 Å². The third kappa shape index (κ3) is 2.62. The van der Waals surface area contributed by atoms with Gasteiger partial charge in [0.25, 0.3) is 5.96 Å². The Hall–Kier alpha value is -1.79. The molecule has 0 saturated heterocycles. The van der Waals surface area contributed by atoms with E-state index in [9.17, 15) is 9.90 Å². The van der Waals surface area contributed by atoms with E-state index in [4.69, 9.17) is 5.73 Å². The van der Waals surface area contributed by atoms with Crippen LogP contribution in [0, 0.1) is 0 Å². The number of aliphatic imine (C=N–C) groups is 1. The molecule has 0 radical (unpaired) electrons. The Bertz CT molecular complexity index is 283. The molecule has 0 aromatic rings. The van der Waals surface area contributed by atoms with E-state index in [2.05, 4.69) is 15.6 Å². The predicted molar refractivity (Wildman–Crippen MR) is 43.8 cm³/mol. The molecule has 13 heavy (non-hydrogen) atoms. The minimum absolute atomic E-state index is 0.206. The van der Waals surface area contributed by atoms with Gasteiger partial charge >= 0.3 is 5.96 Å². The molecule has 0 saturated carbocycles. The van der Waals surface area contributed by atoms with Crippen LogP contribution in [0.15, 0.2) is 4.99 Å². The summed E-state index contributed by atoms with van der Waals surface area (Å²) in [6, 6.07) is 0. The van der Waals surface area contributed by atoms with Gasteiger partial charge in [-0.1, -0.05) is 0 Å². The maximum atomic E-state index is 10.3. The average molecular weight is 185 g/mol. The molecule has 0 fully saturated rings. The van der Waals surface area contributed by atoms with Crippen molar-refractivity contribution in [2.45, 2.75) is 0 Å². The van der Waals surface area contributed by atoms with Crippen LogP contribution in [0.3, 0.4) is 0 Å². The van der Waals surface area contributed by atoms with Gasteiger partial charge in [-0.2, -0.15) is 0 Å². The zero-order valence-electron chi connectivity index (χ0n) is 7.20. The number of carboxylic acid groups (broad SMARTS) is 1. The molecule has 1 rings (SSSR count). The second-order valence-corrected chi connectivity index (χ2v) is 2.58. The Morgan fingerprint density at radius 2 is 2.54 bits per heavy atom. The second-order valence-electron chi connectivity index (χ2n) is 2.58. The molecule has 0 spiro atoms. The standard InChI is InChI=1S/C6H11N5O2/c1-11(2-4(12)13)6-9-3-8-5(7)10-6/h2-3H2,1H3,(H4,7,8,9,10,12,13). The number of carboxylic acids is 1. The lowest BCUT2D eigenvalue weighted by atomic mass is 10.6. The average Bonchev–Trinajstić information content (AvgIpc) is 2.03. The number of carbonyl (C=O) groups excluding carboxylic acids is 1. The Labute approximate surface area is 75.0 Å². The van der Waals surface area contributed by atoms with Crippen LogP contribution in [0.2, 0.25) is 0 Å². The highest BCUT2D eigenvalue weighted by molar-refractivity contribution is 5.97. The molecular weight excluding hydrogens is 174 g/mol.